The molecule has 0 saturated carbocycles. The van der Waals surface area contributed by atoms with Gasteiger partial charge in [0, 0.05) is 6.42 Å². The Balaban J connectivity index is 1.73. The number of carbonyl (C=O) groups is 1. The molecule has 0 spiro atoms. The van der Waals surface area contributed by atoms with Crippen LogP contribution in [-0.4, -0.2) is 140 Å². The summed E-state index contributed by atoms with van der Waals surface area (Å²) < 4.78 is 22.7. The number of aliphatic hydroxyl groups is 8. The van der Waals surface area contributed by atoms with E-state index < -0.39 is 86.8 Å². The SMILES string of the molecule is CC/C=C\C/C=C\C/C=C\C/C=C\C/C=C\CC(=O)NC(COC1OC(CO)C(OC2OC(CO)C(O)C(O)C2O)C(O)C1O)C(O)/C=C/CC/C=C/CC/C=C/CCCCCCCCCCCCCCCCCCCCCCCC. The largest absolute Gasteiger partial charge is 0.394 e. The lowest BCUT2D eigenvalue weighted by atomic mass is 9.97. The minimum Gasteiger partial charge on any atom is -0.394 e. The average Bonchev–Trinajstić information content (AvgIpc) is 3.47. The Bertz CT molecular complexity index is 1730. The normalized spacial score (nSPS) is 24.8. The Morgan fingerprint density at radius 3 is 1.33 bits per heavy atom. The molecule has 2 heterocycles. The Morgan fingerprint density at radius 2 is 0.864 bits per heavy atom. The van der Waals surface area contributed by atoms with Crippen LogP contribution in [0.5, 0.6) is 0 Å². The molecule has 2 fully saturated rings. The molecular formula is C67H115NO13. The van der Waals surface area contributed by atoms with Gasteiger partial charge < -0.3 is 65.1 Å². The van der Waals surface area contributed by atoms with Crippen LogP contribution in [-0.2, 0) is 23.7 Å². The van der Waals surface area contributed by atoms with Crippen LogP contribution in [0.2, 0.25) is 0 Å². The first-order valence-corrected chi connectivity index (χ1v) is 32.0. The minimum atomic E-state index is -1.81. The van der Waals surface area contributed by atoms with Crippen LogP contribution in [0.25, 0.3) is 0 Å². The van der Waals surface area contributed by atoms with Crippen LogP contribution in [0.1, 0.15) is 226 Å². The van der Waals surface area contributed by atoms with Crippen molar-refractivity contribution in [3.8, 4) is 0 Å². The van der Waals surface area contributed by atoms with Crippen LogP contribution >= 0.6 is 0 Å². The van der Waals surface area contributed by atoms with Gasteiger partial charge >= 0.3 is 0 Å². The number of nitrogens with one attached hydrogen (secondary N) is 1. The molecular weight excluding hydrogens is 1030 g/mol. The highest BCUT2D eigenvalue weighted by molar-refractivity contribution is 5.77. The first-order valence-electron chi connectivity index (χ1n) is 32.0. The standard InChI is InChI=1S/C67H115NO13/c1-3-5-7-9-11-13-15-17-19-20-21-22-23-24-25-26-27-28-29-30-31-32-33-34-35-37-38-40-42-44-46-48-50-56(71)55(68-59(72)51-49-47-45-43-41-39-36-18-16-14-12-10-8-6-4-2)54-78-66-64(77)62(75)65(58(53-70)80-66)81-67-63(76)61(74)60(73)57(52-69)79-67/h6,8,12,14,18,34-36,40-43,47-50,55-58,60-67,69-71,73-77H,3-5,7,9-11,13,15-17,19-33,37-39,44-46,51-54H2,1-2H3,(H,68,72)/b8-6-,14-12-,35-34+,36-18-,42-40+,43-41-,49-47-,50-48+. The number of hydrogen-bond acceptors (Lipinski definition) is 13. The van der Waals surface area contributed by atoms with Gasteiger partial charge in [-0.25, -0.2) is 0 Å². The first kappa shape index (κ1) is 74.0. The van der Waals surface area contributed by atoms with Gasteiger partial charge in [-0.2, -0.15) is 0 Å². The van der Waals surface area contributed by atoms with Gasteiger partial charge in [0.25, 0.3) is 0 Å². The Morgan fingerprint density at radius 1 is 0.457 bits per heavy atom. The predicted octanol–water partition coefficient (Wildman–Crippen LogP) is 11.8. The summed E-state index contributed by atoms with van der Waals surface area (Å²) in [5.41, 5.74) is 0. The molecule has 0 aromatic rings. The highest BCUT2D eigenvalue weighted by Gasteiger charge is 2.51. The van der Waals surface area contributed by atoms with E-state index in [1.165, 1.54) is 141 Å². The van der Waals surface area contributed by atoms with Crippen molar-refractivity contribution >= 4 is 5.91 Å². The molecule has 0 radical (unpaired) electrons. The maximum Gasteiger partial charge on any atom is 0.224 e. The molecule has 2 aliphatic rings. The van der Waals surface area contributed by atoms with Crippen LogP contribution in [0.15, 0.2) is 97.2 Å². The third-order valence-corrected chi connectivity index (χ3v) is 15.0. The highest BCUT2D eigenvalue weighted by Crippen LogP contribution is 2.30. The molecule has 81 heavy (non-hydrogen) atoms. The van der Waals surface area contributed by atoms with E-state index in [0.717, 1.165) is 51.4 Å². The number of aliphatic hydroxyl groups excluding tert-OH is 8. The number of unbranched alkanes of at least 4 members (excludes halogenated alkanes) is 24. The van der Waals surface area contributed by atoms with Gasteiger partial charge in [-0.1, -0.05) is 246 Å². The third-order valence-electron chi connectivity index (χ3n) is 15.0. The van der Waals surface area contributed by atoms with Crippen molar-refractivity contribution in [2.45, 2.75) is 299 Å². The Kier molecular flexibility index (Phi) is 46.9. The molecule has 9 N–H and O–H groups in total. The summed E-state index contributed by atoms with van der Waals surface area (Å²) in [7, 11) is 0. The maximum absolute atomic E-state index is 13.2. The molecule has 2 saturated heterocycles. The lowest BCUT2D eigenvalue weighted by molar-refractivity contribution is -0.359. The summed E-state index contributed by atoms with van der Waals surface area (Å²) in [5, 5.41) is 87.0. The van der Waals surface area contributed by atoms with Gasteiger partial charge in [-0.15, -0.1) is 0 Å². The summed E-state index contributed by atoms with van der Waals surface area (Å²) >= 11 is 0. The van der Waals surface area contributed by atoms with Gasteiger partial charge in [0.05, 0.1) is 32.0 Å². The lowest BCUT2D eigenvalue weighted by Crippen LogP contribution is -2.65. The van der Waals surface area contributed by atoms with Gasteiger partial charge in [0.1, 0.15) is 48.8 Å². The average molecular weight is 1140 g/mol. The molecule has 0 aliphatic carbocycles. The van der Waals surface area contributed by atoms with Gasteiger partial charge in [0.2, 0.25) is 5.91 Å². The third kappa shape index (κ3) is 36.4. The zero-order valence-corrected chi connectivity index (χ0v) is 50.2. The van der Waals surface area contributed by atoms with E-state index in [0.29, 0.717) is 12.8 Å². The number of hydrogen-bond donors (Lipinski definition) is 9. The maximum atomic E-state index is 13.2. The fourth-order valence-corrected chi connectivity index (χ4v) is 9.92. The molecule has 2 aliphatic heterocycles. The summed E-state index contributed by atoms with van der Waals surface area (Å²) in [6, 6.07) is -0.999. The van der Waals surface area contributed by atoms with E-state index >= 15 is 0 Å². The van der Waals surface area contributed by atoms with Crippen molar-refractivity contribution in [3.63, 3.8) is 0 Å². The molecule has 466 valence electrons. The highest BCUT2D eigenvalue weighted by atomic mass is 16.7. The lowest BCUT2D eigenvalue weighted by Gasteiger charge is -2.46. The predicted molar refractivity (Wildman–Crippen MR) is 327 cm³/mol. The fourth-order valence-electron chi connectivity index (χ4n) is 9.92. The molecule has 14 heteroatoms. The number of amides is 1. The smallest absolute Gasteiger partial charge is 0.224 e. The molecule has 14 nitrogen and oxygen atoms in total. The zero-order chi connectivity index (χ0) is 58.8. The number of rotatable bonds is 50. The van der Waals surface area contributed by atoms with Gasteiger partial charge in [-0.05, 0) is 70.6 Å². The van der Waals surface area contributed by atoms with Crippen LogP contribution in [0.3, 0.4) is 0 Å². The summed E-state index contributed by atoms with van der Waals surface area (Å²) in [4.78, 5) is 13.2. The van der Waals surface area contributed by atoms with E-state index in [9.17, 15) is 45.6 Å². The van der Waals surface area contributed by atoms with Crippen LogP contribution in [0.4, 0.5) is 0 Å². The summed E-state index contributed by atoms with van der Waals surface area (Å²) in [6.45, 7) is 2.59. The van der Waals surface area contributed by atoms with Crippen LogP contribution < -0.4 is 5.32 Å². The molecule has 0 bridgehead atoms. The summed E-state index contributed by atoms with van der Waals surface area (Å²) in [5.74, 6) is -0.383. The zero-order valence-electron chi connectivity index (χ0n) is 50.2. The van der Waals surface area contributed by atoms with Crippen molar-refractivity contribution in [1.82, 2.24) is 5.32 Å². The molecule has 2 rings (SSSR count). The second kappa shape index (κ2) is 51.3. The molecule has 0 aromatic heterocycles. The number of carbonyl (C=O) groups excluding carboxylic acids is 1. The molecule has 0 aromatic carbocycles. The summed E-state index contributed by atoms with van der Waals surface area (Å²) in [6.07, 6.45) is 55.1. The molecule has 1 amide bonds. The molecule has 12 unspecified atom stereocenters. The van der Waals surface area contributed by atoms with Crippen molar-refractivity contribution in [2.75, 3.05) is 19.8 Å². The quantitative estimate of drug-likeness (QED) is 0.0204. The second-order valence-electron chi connectivity index (χ2n) is 22.2. The van der Waals surface area contributed by atoms with E-state index in [-0.39, 0.29) is 18.9 Å². The van der Waals surface area contributed by atoms with E-state index in [1.54, 1.807) is 12.2 Å². The monoisotopic (exact) mass is 1140 g/mol. The van der Waals surface area contributed by atoms with Crippen molar-refractivity contribution in [2.24, 2.45) is 0 Å². The van der Waals surface area contributed by atoms with Gasteiger partial charge in [-0.3, -0.25) is 4.79 Å². The minimum absolute atomic E-state index is 0.0327. The van der Waals surface area contributed by atoms with Crippen LogP contribution in [0, 0.1) is 0 Å². The fraction of sp³-hybridized carbons (Fsp3) is 0.746. The van der Waals surface area contributed by atoms with E-state index in [2.05, 4.69) is 86.0 Å². The number of allylic oxidation sites excluding steroid dienone is 14. The van der Waals surface area contributed by atoms with E-state index in [1.807, 2.05) is 18.2 Å². The first-order chi connectivity index (χ1) is 39.6. The number of ether oxygens (including phenoxy) is 4. The van der Waals surface area contributed by atoms with Crippen molar-refractivity contribution in [1.29, 1.82) is 0 Å². The second-order valence-corrected chi connectivity index (χ2v) is 22.2. The van der Waals surface area contributed by atoms with E-state index in [4.69, 9.17) is 18.9 Å². The van der Waals surface area contributed by atoms with Gasteiger partial charge in [0.15, 0.2) is 12.6 Å². The van der Waals surface area contributed by atoms with Crippen molar-refractivity contribution < 1.29 is 64.6 Å². The topological polar surface area (TPSA) is 228 Å². The Hall–Kier alpha value is -3.09. The van der Waals surface area contributed by atoms with Crippen molar-refractivity contribution in [3.05, 3.63) is 97.2 Å². The Labute approximate surface area is 490 Å². The molecule has 12 atom stereocenters.